The van der Waals surface area contributed by atoms with E-state index in [4.69, 9.17) is 0 Å². The van der Waals surface area contributed by atoms with E-state index in [1.807, 2.05) is 0 Å². The second kappa shape index (κ2) is 7.36. The Bertz CT molecular complexity index is 689. The molecule has 10 heteroatoms. The van der Waals surface area contributed by atoms with Gasteiger partial charge in [0, 0.05) is 12.5 Å². The zero-order chi connectivity index (χ0) is 17.7. The lowest BCUT2D eigenvalue weighted by atomic mass is 9.85. The van der Waals surface area contributed by atoms with Crippen LogP contribution in [0.5, 0.6) is 5.75 Å². The number of halogens is 1. The number of carbonyl (C=O) groups excluding carboxylic acids is 2. The van der Waals surface area contributed by atoms with Gasteiger partial charge in [0.25, 0.3) is 0 Å². The topological polar surface area (TPSA) is 112 Å². The first-order valence-corrected chi connectivity index (χ1v) is 7.77. The number of hydrogen-bond acceptors (Lipinski definition) is 7. The number of pyridine rings is 1. The van der Waals surface area contributed by atoms with Crippen molar-refractivity contribution in [3.63, 3.8) is 0 Å². The third-order valence-corrected chi connectivity index (χ3v) is 3.07. The number of carbonyl (C=O) groups is 2. The highest BCUT2D eigenvalue weighted by Crippen LogP contribution is 2.26. The fourth-order valence-electron chi connectivity index (χ4n) is 1.81. The molecule has 0 atom stereocenters. The normalized spacial score (nSPS) is 11.7. The Morgan fingerprint density at radius 3 is 2.52 bits per heavy atom. The van der Waals surface area contributed by atoms with E-state index < -0.39 is 27.8 Å². The van der Waals surface area contributed by atoms with Crippen molar-refractivity contribution in [3.8, 4) is 5.75 Å². The first-order chi connectivity index (χ1) is 10.5. The maximum Gasteiger partial charge on any atom is 0.488 e. The van der Waals surface area contributed by atoms with Crippen LogP contribution < -0.4 is 9.50 Å². The van der Waals surface area contributed by atoms with Crippen LogP contribution in [0, 0.1) is 5.41 Å². The van der Waals surface area contributed by atoms with Gasteiger partial charge in [-0.1, -0.05) is 17.7 Å². The number of amides is 1. The van der Waals surface area contributed by atoms with E-state index in [0.29, 0.717) is 0 Å². The summed E-state index contributed by atoms with van der Waals surface area (Å²) < 4.78 is 41.8. The number of anilines is 1. The number of aromatic nitrogens is 1. The molecule has 0 bridgehead atoms. The number of hydrogen-bond donors (Lipinski definition) is 1. The molecule has 1 amide bonds. The number of nitrogens with one attached hydrogen (secondary N) is 1. The molecule has 0 aliphatic carbocycles. The zero-order valence-corrected chi connectivity index (χ0v) is 13.6. The molecule has 1 aromatic rings. The van der Waals surface area contributed by atoms with E-state index in [2.05, 4.69) is 19.2 Å². The monoisotopic (exact) mass is 348 g/mol. The lowest BCUT2D eigenvalue weighted by molar-refractivity contribution is -0.143. The van der Waals surface area contributed by atoms with E-state index in [-0.39, 0.29) is 24.3 Å². The van der Waals surface area contributed by atoms with E-state index in [9.17, 15) is 21.9 Å². The van der Waals surface area contributed by atoms with Crippen molar-refractivity contribution in [2.24, 2.45) is 5.41 Å². The van der Waals surface area contributed by atoms with Crippen LogP contribution >= 0.6 is 0 Å². The fourth-order valence-corrected chi connectivity index (χ4v) is 2.13. The molecule has 0 unspecified atom stereocenters. The van der Waals surface area contributed by atoms with Crippen LogP contribution in [0.2, 0.25) is 0 Å². The lowest BCUT2D eigenvalue weighted by Crippen LogP contribution is -2.25. The molecule has 128 valence electrons. The Morgan fingerprint density at radius 1 is 1.30 bits per heavy atom. The first kappa shape index (κ1) is 18.8. The molecule has 0 radical (unpaired) electrons. The fraction of sp³-hybridized carbons (Fsp3) is 0.462. The van der Waals surface area contributed by atoms with Crippen LogP contribution in [0.25, 0.3) is 0 Å². The first-order valence-electron chi connectivity index (χ1n) is 6.46. The summed E-state index contributed by atoms with van der Waals surface area (Å²) in [6.07, 6.45) is 2.28. The number of rotatable bonds is 7. The summed E-state index contributed by atoms with van der Waals surface area (Å²) in [4.78, 5) is 26.9. The number of ether oxygens (including phenoxy) is 1. The van der Waals surface area contributed by atoms with Gasteiger partial charge in [0.15, 0.2) is 5.75 Å². The highest BCUT2D eigenvalue weighted by Gasteiger charge is 2.26. The molecule has 0 aliphatic heterocycles. The van der Waals surface area contributed by atoms with E-state index in [0.717, 1.165) is 12.3 Å². The Hall–Kier alpha value is -2.23. The predicted molar refractivity (Wildman–Crippen MR) is 78.6 cm³/mol. The third-order valence-electron chi connectivity index (χ3n) is 2.68. The van der Waals surface area contributed by atoms with E-state index in [1.54, 1.807) is 13.8 Å². The smallest absolute Gasteiger partial charge is 0.469 e. The second-order valence-corrected chi connectivity index (χ2v) is 6.48. The molecular formula is C13H17FN2O6S. The van der Waals surface area contributed by atoms with Crippen molar-refractivity contribution in [3.05, 3.63) is 18.5 Å². The van der Waals surface area contributed by atoms with Crippen LogP contribution in [-0.2, 0) is 24.8 Å². The van der Waals surface area contributed by atoms with Gasteiger partial charge in [0.2, 0.25) is 5.91 Å². The van der Waals surface area contributed by atoms with Crippen molar-refractivity contribution in [1.82, 2.24) is 4.98 Å². The Kier molecular flexibility index (Phi) is 6.02. The summed E-state index contributed by atoms with van der Waals surface area (Å²) in [5, 5.41) is 2.46. The summed E-state index contributed by atoms with van der Waals surface area (Å²) in [5.74, 6) is -1.24. The summed E-state index contributed by atoms with van der Waals surface area (Å²) in [6, 6.07) is 1.11. The maximum atomic E-state index is 12.4. The van der Waals surface area contributed by atoms with Gasteiger partial charge in [0.1, 0.15) is 0 Å². The van der Waals surface area contributed by atoms with Gasteiger partial charge in [0.05, 0.1) is 31.6 Å². The Morgan fingerprint density at radius 2 is 1.96 bits per heavy atom. The van der Waals surface area contributed by atoms with E-state index in [1.165, 1.54) is 13.3 Å². The predicted octanol–water partition coefficient (Wildman–Crippen LogP) is 1.59. The van der Waals surface area contributed by atoms with Crippen LogP contribution in [0.15, 0.2) is 18.5 Å². The third kappa shape index (κ3) is 7.54. The molecule has 23 heavy (non-hydrogen) atoms. The molecule has 0 saturated carbocycles. The molecule has 1 N–H and O–H groups in total. The number of esters is 1. The minimum atomic E-state index is -5.17. The zero-order valence-electron chi connectivity index (χ0n) is 12.8. The van der Waals surface area contributed by atoms with Crippen molar-refractivity contribution in [2.45, 2.75) is 26.7 Å². The largest absolute Gasteiger partial charge is 0.488 e. The molecule has 1 aromatic heterocycles. The van der Waals surface area contributed by atoms with Gasteiger partial charge >= 0.3 is 16.5 Å². The van der Waals surface area contributed by atoms with Gasteiger partial charge in [-0.2, -0.15) is 8.42 Å². The molecule has 0 saturated heterocycles. The Labute approximate surface area is 133 Å². The molecule has 0 aliphatic rings. The van der Waals surface area contributed by atoms with Gasteiger partial charge in [-0.05, 0) is 5.41 Å². The average molecular weight is 348 g/mol. The lowest BCUT2D eigenvalue weighted by Gasteiger charge is -2.22. The van der Waals surface area contributed by atoms with Crippen molar-refractivity contribution in [2.75, 3.05) is 12.4 Å². The molecule has 0 spiro atoms. The minimum absolute atomic E-state index is 0.00853. The number of nitrogens with zero attached hydrogens (tertiary/aromatic N) is 1. The summed E-state index contributed by atoms with van der Waals surface area (Å²) in [6.45, 7) is 3.44. The molecule has 0 fully saturated rings. The molecule has 1 rings (SSSR count). The molecule has 1 heterocycles. The second-order valence-electron chi connectivity index (χ2n) is 5.53. The maximum absolute atomic E-state index is 12.4. The van der Waals surface area contributed by atoms with Crippen molar-refractivity contribution in [1.29, 1.82) is 0 Å². The minimum Gasteiger partial charge on any atom is -0.469 e. The summed E-state index contributed by atoms with van der Waals surface area (Å²) >= 11 is 0. The van der Waals surface area contributed by atoms with Crippen LogP contribution in [0.3, 0.4) is 0 Å². The van der Waals surface area contributed by atoms with E-state index >= 15 is 0 Å². The van der Waals surface area contributed by atoms with Crippen LogP contribution in [0.1, 0.15) is 26.7 Å². The summed E-state index contributed by atoms with van der Waals surface area (Å²) in [7, 11) is -3.91. The van der Waals surface area contributed by atoms with Crippen LogP contribution in [-0.4, -0.2) is 32.4 Å². The SMILES string of the molecule is COC(=O)CC(C)(C)CC(=O)Nc1cncc(OS(=O)(=O)F)c1. The van der Waals surface area contributed by atoms with Crippen molar-refractivity contribution >= 4 is 28.1 Å². The van der Waals surface area contributed by atoms with Gasteiger partial charge in [-0.3, -0.25) is 14.6 Å². The summed E-state index contributed by atoms with van der Waals surface area (Å²) in [5.41, 5.74) is -0.508. The highest BCUT2D eigenvalue weighted by molar-refractivity contribution is 7.81. The molecule has 8 nitrogen and oxygen atoms in total. The highest BCUT2D eigenvalue weighted by atomic mass is 32.3. The van der Waals surface area contributed by atoms with Gasteiger partial charge in [-0.25, -0.2) is 0 Å². The quantitative estimate of drug-likeness (QED) is 0.588. The van der Waals surface area contributed by atoms with Crippen molar-refractivity contribution < 1.29 is 30.8 Å². The molecule has 0 aromatic carbocycles. The molecular weight excluding hydrogens is 331 g/mol. The van der Waals surface area contributed by atoms with Gasteiger partial charge < -0.3 is 14.2 Å². The average Bonchev–Trinajstić information content (AvgIpc) is 2.35. The Balaban J connectivity index is 2.71. The van der Waals surface area contributed by atoms with Crippen LogP contribution in [0.4, 0.5) is 9.57 Å². The van der Waals surface area contributed by atoms with Gasteiger partial charge in [-0.15, -0.1) is 0 Å². The number of methoxy groups -OCH3 is 1. The standard InChI is InChI=1S/C13H17FN2O6S/c1-13(2,6-12(18)21-3)5-11(17)16-9-4-10(8-15-7-9)22-23(14,19)20/h4,7-8H,5-6H2,1-3H3,(H,16,17).